The molecule has 4 nitrogen and oxygen atoms in total. The number of aryl methyl sites for hydroxylation is 2. The first-order valence-corrected chi connectivity index (χ1v) is 5.89. The number of aromatic nitrogens is 3. The fourth-order valence-corrected chi connectivity index (χ4v) is 2.03. The Kier molecular flexibility index (Phi) is 2.96. The molecular formula is C11H13BrN4. The maximum atomic E-state index is 5.83. The van der Waals surface area contributed by atoms with Gasteiger partial charge in [0.1, 0.15) is 0 Å². The lowest BCUT2D eigenvalue weighted by Gasteiger charge is -2.06. The van der Waals surface area contributed by atoms with Crippen molar-refractivity contribution < 1.29 is 0 Å². The van der Waals surface area contributed by atoms with Crippen molar-refractivity contribution in [1.29, 1.82) is 0 Å². The van der Waals surface area contributed by atoms with E-state index in [1.54, 1.807) is 4.68 Å². The van der Waals surface area contributed by atoms with E-state index in [0.717, 1.165) is 28.0 Å². The fraction of sp³-hybridized carbons (Fsp3) is 0.273. The highest BCUT2D eigenvalue weighted by atomic mass is 79.9. The third kappa shape index (κ3) is 1.95. The largest absolute Gasteiger partial charge is 0.368 e. The maximum absolute atomic E-state index is 5.83. The topological polar surface area (TPSA) is 56.7 Å². The Hall–Kier alpha value is -1.36. The van der Waals surface area contributed by atoms with Crippen LogP contribution in [0.4, 0.5) is 5.95 Å². The SMILES string of the molecule is CCc1nc(N)n(-c2ccc(Br)cc2C)n1. The van der Waals surface area contributed by atoms with Gasteiger partial charge in [-0.05, 0) is 30.7 Å². The molecule has 0 unspecified atom stereocenters. The minimum absolute atomic E-state index is 0.433. The van der Waals surface area contributed by atoms with Gasteiger partial charge in [-0.1, -0.05) is 22.9 Å². The Labute approximate surface area is 103 Å². The molecule has 2 N–H and O–H groups in total. The molecule has 2 rings (SSSR count). The van der Waals surface area contributed by atoms with Crippen LogP contribution < -0.4 is 5.73 Å². The summed E-state index contributed by atoms with van der Waals surface area (Å²) in [5.74, 6) is 1.20. The van der Waals surface area contributed by atoms with Crippen LogP contribution in [0.3, 0.4) is 0 Å². The summed E-state index contributed by atoms with van der Waals surface area (Å²) in [4.78, 5) is 4.19. The van der Waals surface area contributed by atoms with Crippen LogP contribution in [0.1, 0.15) is 18.3 Å². The van der Waals surface area contributed by atoms with E-state index >= 15 is 0 Å². The van der Waals surface area contributed by atoms with Crippen LogP contribution >= 0.6 is 15.9 Å². The van der Waals surface area contributed by atoms with E-state index in [-0.39, 0.29) is 0 Å². The van der Waals surface area contributed by atoms with Gasteiger partial charge in [0.05, 0.1) is 5.69 Å². The number of nitrogens with zero attached hydrogens (tertiary/aromatic N) is 3. The van der Waals surface area contributed by atoms with Crippen molar-refractivity contribution in [2.24, 2.45) is 0 Å². The van der Waals surface area contributed by atoms with Gasteiger partial charge in [0.25, 0.3) is 0 Å². The summed E-state index contributed by atoms with van der Waals surface area (Å²) < 4.78 is 2.73. The van der Waals surface area contributed by atoms with E-state index in [4.69, 9.17) is 5.73 Å². The van der Waals surface area contributed by atoms with Gasteiger partial charge in [0.15, 0.2) is 5.82 Å². The molecule has 0 saturated heterocycles. The molecule has 1 heterocycles. The van der Waals surface area contributed by atoms with Gasteiger partial charge in [0, 0.05) is 10.9 Å². The zero-order chi connectivity index (χ0) is 11.7. The lowest BCUT2D eigenvalue weighted by atomic mass is 10.2. The summed E-state index contributed by atoms with van der Waals surface area (Å²) in [6, 6.07) is 5.97. The predicted molar refractivity (Wildman–Crippen MR) is 67.6 cm³/mol. The summed E-state index contributed by atoms with van der Waals surface area (Å²) in [6.45, 7) is 4.03. The molecule has 0 saturated carbocycles. The lowest BCUT2D eigenvalue weighted by molar-refractivity contribution is 0.840. The molecular weight excluding hydrogens is 268 g/mol. The van der Waals surface area contributed by atoms with Crippen molar-refractivity contribution in [2.45, 2.75) is 20.3 Å². The van der Waals surface area contributed by atoms with Crippen LogP contribution in [0, 0.1) is 6.92 Å². The number of nitrogens with two attached hydrogens (primary N) is 1. The van der Waals surface area contributed by atoms with E-state index in [1.165, 1.54) is 0 Å². The van der Waals surface area contributed by atoms with Crippen molar-refractivity contribution >= 4 is 21.9 Å². The van der Waals surface area contributed by atoms with Crippen molar-refractivity contribution in [3.05, 3.63) is 34.1 Å². The number of halogens is 1. The Morgan fingerprint density at radius 3 is 2.75 bits per heavy atom. The number of benzene rings is 1. The van der Waals surface area contributed by atoms with Gasteiger partial charge in [-0.15, -0.1) is 5.10 Å². The Balaban J connectivity index is 2.53. The third-order valence-electron chi connectivity index (χ3n) is 2.38. The fourth-order valence-electron chi connectivity index (χ4n) is 1.55. The second kappa shape index (κ2) is 4.25. The number of hydrogen-bond donors (Lipinski definition) is 1. The van der Waals surface area contributed by atoms with Crippen molar-refractivity contribution in [3.8, 4) is 5.69 Å². The van der Waals surface area contributed by atoms with Gasteiger partial charge >= 0.3 is 0 Å². The molecule has 1 aromatic heterocycles. The number of nitrogen functional groups attached to an aromatic ring is 1. The van der Waals surface area contributed by atoms with Crippen LogP contribution in [0.15, 0.2) is 22.7 Å². The lowest BCUT2D eigenvalue weighted by Crippen LogP contribution is -2.04. The summed E-state index contributed by atoms with van der Waals surface area (Å²) >= 11 is 3.43. The third-order valence-corrected chi connectivity index (χ3v) is 2.87. The van der Waals surface area contributed by atoms with Crippen molar-refractivity contribution in [1.82, 2.24) is 14.8 Å². The van der Waals surface area contributed by atoms with E-state index in [0.29, 0.717) is 5.95 Å². The molecule has 5 heteroatoms. The highest BCUT2D eigenvalue weighted by molar-refractivity contribution is 9.10. The number of rotatable bonds is 2. The van der Waals surface area contributed by atoms with Crippen LogP contribution in [0.25, 0.3) is 5.69 Å². The summed E-state index contributed by atoms with van der Waals surface area (Å²) in [5, 5.41) is 4.35. The van der Waals surface area contributed by atoms with Crippen molar-refractivity contribution in [2.75, 3.05) is 5.73 Å². The quantitative estimate of drug-likeness (QED) is 0.920. The van der Waals surface area contributed by atoms with Gasteiger partial charge in [0.2, 0.25) is 5.95 Å². The van der Waals surface area contributed by atoms with Crippen LogP contribution in [-0.2, 0) is 6.42 Å². The predicted octanol–water partition coefficient (Wildman–Crippen LogP) is 2.48. The van der Waals surface area contributed by atoms with E-state index in [1.807, 2.05) is 32.0 Å². The second-order valence-corrected chi connectivity index (χ2v) is 4.50. The standard InChI is InChI=1S/C11H13BrN4/c1-3-10-14-11(13)16(15-10)9-5-4-8(12)6-7(9)2/h4-6H,3H2,1-2H3,(H2,13,14,15). The normalized spacial score (nSPS) is 10.7. The minimum Gasteiger partial charge on any atom is -0.368 e. The summed E-state index contributed by atoms with van der Waals surface area (Å²) in [7, 11) is 0. The van der Waals surface area contributed by atoms with E-state index < -0.39 is 0 Å². The molecule has 84 valence electrons. The highest BCUT2D eigenvalue weighted by Crippen LogP contribution is 2.20. The highest BCUT2D eigenvalue weighted by Gasteiger charge is 2.09. The first kappa shape index (κ1) is 11.1. The zero-order valence-electron chi connectivity index (χ0n) is 9.24. The molecule has 16 heavy (non-hydrogen) atoms. The molecule has 0 radical (unpaired) electrons. The molecule has 0 spiro atoms. The van der Waals surface area contributed by atoms with Gasteiger partial charge in [-0.3, -0.25) is 0 Å². The summed E-state index contributed by atoms with van der Waals surface area (Å²) in [5.41, 5.74) is 7.90. The molecule has 1 aromatic carbocycles. The minimum atomic E-state index is 0.433. The Morgan fingerprint density at radius 1 is 1.44 bits per heavy atom. The maximum Gasteiger partial charge on any atom is 0.223 e. The van der Waals surface area contributed by atoms with Gasteiger partial charge in [-0.2, -0.15) is 9.67 Å². The number of hydrogen-bond acceptors (Lipinski definition) is 3. The molecule has 0 fully saturated rings. The van der Waals surface area contributed by atoms with Gasteiger partial charge < -0.3 is 5.73 Å². The molecule has 0 aliphatic rings. The second-order valence-electron chi connectivity index (χ2n) is 3.58. The monoisotopic (exact) mass is 280 g/mol. The molecule has 0 aliphatic heterocycles. The molecule has 0 bridgehead atoms. The van der Waals surface area contributed by atoms with E-state index in [9.17, 15) is 0 Å². The Morgan fingerprint density at radius 2 is 2.19 bits per heavy atom. The zero-order valence-corrected chi connectivity index (χ0v) is 10.8. The van der Waals surface area contributed by atoms with E-state index in [2.05, 4.69) is 26.0 Å². The van der Waals surface area contributed by atoms with Gasteiger partial charge in [-0.25, -0.2) is 0 Å². The Bertz CT molecular complexity index is 519. The molecule has 2 aromatic rings. The van der Waals surface area contributed by atoms with Crippen LogP contribution in [-0.4, -0.2) is 14.8 Å². The average Bonchev–Trinajstić information content (AvgIpc) is 2.60. The van der Waals surface area contributed by atoms with Crippen LogP contribution in [0.5, 0.6) is 0 Å². The first-order valence-electron chi connectivity index (χ1n) is 5.09. The number of anilines is 1. The molecule has 0 amide bonds. The molecule has 0 aliphatic carbocycles. The smallest absolute Gasteiger partial charge is 0.223 e. The summed E-state index contributed by atoms with van der Waals surface area (Å²) in [6.07, 6.45) is 0.784. The van der Waals surface area contributed by atoms with Crippen molar-refractivity contribution in [3.63, 3.8) is 0 Å². The molecule has 0 atom stereocenters. The van der Waals surface area contributed by atoms with Crippen LogP contribution in [0.2, 0.25) is 0 Å². The average molecular weight is 281 g/mol. The first-order chi connectivity index (χ1) is 7.61.